The molecule has 0 spiro atoms. The number of carbonyl (C=O) groups is 1. The highest BCUT2D eigenvalue weighted by Crippen LogP contribution is 2.24. The summed E-state index contributed by atoms with van der Waals surface area (Å²) in [5.41, 5.74) is 1.11. The van der Waals surface area contributed by atoms with E-state index in [1.54, 1.807) is 25.1 Å². The van der Waals surface area contributed by atoms with E-state index in [-0.39, 0.29) is 11.5 Å². The van der Waals surface area contributed by atoms with Gasteiger partial charge in [-0.1, -0.05) is 12.1 Å². The Morgan fingerprint density at radius 1 is 1.35 bits per heavy atom. The monoisotopic (exact) mass is 232 g/mol. The molecule has 1 aromatic heterocycles. The zero-order chi connectivity index (χ0) is 12.6. The average Bonchev–Trinajstić information content (AvgIpc) is 2.28. The summed E-state index contributed by atoms with van der Waals surface area (Å²) in [4.78, 5) is 22.8. The summed E-state index contributed by atoms with van der Waals surface area (Å²) in [7, 11) is 1.43. The molecular weight excluding hydrogens is 220 g/mol. The molecular formula is C13H12O4. The van der Waals surface area contributed by atoms with Crippen LogP contribution in [0.2, 0.25) is 0 Å². The van der Waals surface area contributed by atoms with Crippen LogP contribution >= 0.6 is 0 Å². The van der Waals surface area contributed by atoms with E-state index in [0.717, 1.165) is 5.39 Å². The van der Waals surface area contributed by atoms with Crippen LogP contribution in [0.5, 0.6) is 5.75 Å². The van der Waals surface area contributed by atoms with E-state index in [1.807, 2.05) is 0 Å². The van der Waals surface area contributed by atoms with Crippen LogP contribution in [0, 0.1) is 6.92 Å². The molecule has 17 heavy (non-hydrogen) atoms. The Morgan fingerprint density at radius 3 is 2.65 bits per heavy atom. The molecule has 0 aliphatic carbocycles. The summed E-state index contributed by atoms with van der Waals surface area (Å²) in [5, 5.41) is 0.770. The van der Waals surface area contributed by atoms with Crippen LogP contribution in [0.1, 0.15) is 22.8 Å². The van der Waals surface area contributed by atoms with Crippen molar-refractivity contribution in [1.82, 2.24) is 0 Å². The summed E-state index contributed by atoms with van der Waals surface area (Å²) in [6, 6.07) is 5.04. The second kappa shape index (κ2) is 4.05. The first-order chi connectivity index (χ1) is 8.04. The van der Waals surface area contributed by atoms with Gasteiger partial charge in [0.05, 0.1) is 7.11 Å². The lowest BCUT2D eigenvalue weighted by Crippen LogP contribution is -2.06. The lowest BCUT2D eigenvalue weighted by Gasteiger charge is -2.06. The van der Waals surface area contributed by atoms with E-state index in [0.29, 0.717) is 16.7 Å². The summed E-state index contributed by atoms with van der Waals surface area (Å²) < 4.78 is 10.1. The largest absolute Gasteiger partial charge is 0.490 e. The van der Waals surface area contributed by atoms with Crippen molar-refractivity contribution in [1.29, 1.82) is 0 Å². The number of Topliss-reactive ketones (excluding diaryl/α,β-unsaturated/α-hetero) is 1. The lowest BCUT2D eigenvalue weighted by atomic mass is 10.1. The molecule has 0 atom stereocenters. The molecule has 0 saturated carbocycles. The maximum atomic E-state index is 11.6. The molecule has 2 rings (SSSR count). The molecule has 1 aromatic carbocycles. The second-order valence-corrected chi connectivity index (χ2v) is 3.81. The number of fused-ring (bicyclic) bond motifs is 1. The number of ketones is 1. The van der Waals surface area contributed by atoms with Crippen LogP contribution in [0.25, 0.3) is 11.0 Å². The normalized spacial score (nSPS) is 10.5. The predicted molar refractivity (Wildman–Crippen MR) is 63.8 cm³/mol. The fraction of sp³-hybridized carbons (Fsp3) is 0.231. The van der Waals surface area contributed by atoms with Gasteiger partial charge in [0.15, 0.2) is 5.78 Å². The molecule has 0 saturated heterocycles. The molecule has 0 bridgehead atoms. The maximum Gasteiger partial charge on any atom is 0.379 e. The summed E-state index contributed by atoms with van der Waals surface area (Å²) >= 11 is 0. The minimum atomic E-state index is -0.529. The van der Waals surface area contributed by atoms with Crippen molar-refractivity contribution in [3.63, 3.8) is 0 Å². The SMILES string of the molecule is COc1c(C)c2ccc(C(C)=O)cc2oc1=O. The van der Waals surface area contributed by atoms with Crippen molar-refractivity contribution >= 4 is 16.8 Å². The van der Waals surface area contributed by atoms with Gasteiger partial charge in [-0.15, -0.1) is 0 Å². The minimum Gasteiger partial charge on any atom is -0.490 e. The van der Waals surface area contributed by atoms with E-state index in [2.05, 4.69) is 0 Å². The van der Waals surface area contributed by atoms with Crippen molar-refractivity contribution in [3.8, 4) is 5.75 Å². The summed E-state index contributed by atoms with van der Waals surface area (Å²) in [6.07, 6.45) is 0. The van der Waals surface area contributed by atoms with Crippen LogP contribution < -0.4 is 10.4 Å². The van der Waals surface area contributed by atoms with Crippen LogP contribution in [0.3, 0.4) is 0 Å². The van der Waals surface area contributed by atoms with Gasteiger partial charge in [0.1, 0.15) is 5.58 Å². The number of aryl methyl sites for hydroxylation is 1. The topological polar surface area (TPSA) is 56.5 Å². The van der Waals surface area contributed by atoms with Crippen LogP contribution in [-0.2, 0) is 0 Å². The molecule has 0 radical (unpaired) electrons. The van der Waals surface area contributed by atoms with Crippen LogP contribution in [0.4, 0.5) is 0 Å². The number of ether oxygens (including phenoxy) is 1. The van der Waals surface area contributed by atoms with Gasteiger partial charge in [-0.05, 0) is 19.9 Å². The molecule has 0 N–H and O–H groups in total. The van der Waals surface area contributed by atoms with E-state index in [9.17, 15) is 9.59 Å². The van der Waals surface area contributed by atoms with Gasteiger partial charge in [-0.3, -0.25) is 4.79 Å². The average molecular weight is 232 g/mol. The van der Waals surface area contributed by atoms with Gasteiger partial charge < -0.3 is 9.15 Å². The third kappa shape index (κ3) is 1.82. The van der Waals surface area contributed by atoms with Crippen molar-refractivity contribution in [2.24, 2.45) is 0 Å². The number of methoxy groups -OCH3 is 1. The molecule has 88 valence electrons. The fourth-order valence-electron chi connectivity index (χ4n) is 1.79. The smallest absolute Gasteiger partial charge is 0.379 e. The van der Waals surface area contributed by atoms with E-state index < -0.39 is 5.63 Å². The van der Waals surface area contributed by atoms with Gasteiger partial charge in [0.2, 0.25) is 5.75 Å². The Bertz CT molecular complexity index is 652. The van der Waals surface area contributed by atoms with Crippen molar-refractivity contribution in [2.45, 2.75) is 13.8 Å². The Kier molecular flexibility index (Phi) is 2.71. The third-order valence-corrected chi connectivity index (χ3v) is 2.72. The van der Waals surface area contributed by atoms with Crippen molar-refractivity contribution in [2.75, 3.05) is 7.11 Å². The highest BCUT2D eigenvalue weighted by molar-refractivity contribution is 5.97. The molecule has 0 unspecified atom stereocenters. The van der Waals surface area contributed by atoms with Gasteiger partial charge in [0.25, 0.3) is 0 Å². The molecule has 0 aliphatic heterocycles. The van der Waals surface area contributed by atoms with Gasteiger partial charge in [0, 0.05) is 16.5 Å². The molecule has 4 heteroatoms. The van der Waals surface area contributed by atoms with Crippen molar-refractivity contribution in [3.05, 3.63) is 39.7 Å². The molecule has 0 amide bonds. The first kappa shape index (κ1) is 11.4. The highest BCUT2D eigenvalue weighted by atomic mass is 16.5. The quantitative estimate of drug-likeness (QED) is 0.589. The van der Waals surface area contributed by atoms with Crippen LogP contribution in [-0.4, -0.2) is 12.9 Å². The molecule has 4 nitrogen and oxygen atoms in total. The first-order valence-electron chi connectivity index (χ1n) is 5.17. The Labute approximate surface area is 97.8 Å². The number of carbonyl (C=O) groups excluding carboxylic acids is 1. The van der Waals surface area contributed by atoms with E-state index in [4.69, 9.17) is 9.15 Å². The fourth-order valence-corrected chi connectivity index (χ4v) is 1.79. The third-order valence-electron chi connectivity index (χ3n) is 2.72. The Hall–Kier alpha value is -2.10. The van der Waals surface area contributed by atoms with Gasteiger partial charge >= 0.3 is 5.63 Å². The zero-order valence-electron chi connectivity index (χ0n) is 9.87. The molecule has 2 aromatic rings. The first-order valence-corrected chi connectivity index (χ1v) is 5.17. The molecule has 0 aliphatic rings. The summed E-state index contributed by atoms with van der Waals surface area (Å²) in [5.74, 6) is 0.135. The van der Waals surface area contributed by atoms with Crippen molar-refractivity contribution < 1.29 is 13.9 Å². The van der Waals surface area contributed by atoms with Gasteiger partial charge in [-0.2, -0.15) is 0 Å². The Balaban J connectivity index is 2.82. The molecule has 0 fully saturated rings. The standard InChI is InChI=1S/C13H12O4/c1-7-10-5-4-9(8(2)14)6-11(10)17-13(15)12(7)16-3/h4-6H,1-3H3. The Morgan fingerprint density at radius 2 is 2.06 bits per heavy atom. The highest BCUT2D eigenvalue weighted by Gasteiger charge is 2.12. The zero-order valence-corrected chi connectivity index (χ0v) is 9.87. The number of rotatable bonds is 2. The number of hydrogen-bond donors (Lipinski definition) is 0. The van der Waals surface area contributed by atoms with E-state index in [1.165, 1.54) is 14.0 Å². The second-order valence-electron chi connectivity index (χ2n) is 3.81. The van der Waals surface area contributed by atoms with E-state index >= 15 is 0 Å². The predicted octanol–water partition coefficient (Wildman–Crippen LogP) is 2.31. The maximum absolute atomic E-state index is 11.6. The van der Waals surface area contributed by atoms with Gasteiger partial charge in [-0.25, -0.2) is 4.79 Å². The lowest BCUT2D eigenvalue weighted by molar-refractivity contribution is 0.101. The summed E-state index contributed by atoms with van der Waals surface area (Å²) in [6.45, 7) is 3.25. The van der Waals surface area contributed by atoms with Crippen LogP contribution in [0.15, 0.2) is 27.4 Å². The molecule has 1 heterocycles. The number of benzene rings is 1. The minimum absolute atomic E-state index is 0.0666. The number of hydrogen-bond acceptors (Lipinski definition) is 4.